The fourth-order valence-corrected chi connectivity index (χ4v) is 3.58. The minimum Gasteiger partial charge on any atom is -0.454 e. The van der Waals surface area contributed by atoms with Gasteiger partial charge >= 0.3 is 0 Å². The third-order valence-electron chi connectivity index (χ3n) is 4.59. The minimum atomic E-state index is 0.351. The molecule has 2 bridgehead atoms. The van der Waals surface area contributed by atoms with Crippen LogP contribution in [-0.4, -0.2) is 13.3 Å². The summed E-state index contributed by atoms with van der Waals surface area (Å²) in [5, 5.41) is 3.59. The SMILES string of the molecule is C1=CC2CC1CC2CNCc1ccc2c(c1)OCO2. The van der Waals surface area contributed by atoms with Crippen molar-refractivity contribution in [2.75, 3.05) is 13.3 Å². The van der Waals surface area contributed by atoms with Gasteiger partial charge in [-0.2, -0.15) is 0 Å². The predicted octanol–water partition coefficient (Wildman–Crippen LogP) is 2.72. The standard InChI is InChI=1S/C16H19NO2/c1-3-13-5-11(1)6-14(13)9-17-8-12-2-4-15-16(7-12)19-10-18-15/h1-4,7,11,13-14,17H,5-6,8-10H2. The van der Waals surface area contributed by atoms with Crippen LogP contribution in [0.5, 0.6) is 11.5 Å². The van der Waals surface area contributed by atoms with E-state index in [9.17, 15) is 0 Å². The summed E-state index contributed by atoms with van der Waals surface area (Å²) >= 11 is 0. The minimum absolute atomic E-state index is 0.351. The van der Waals surface area contributed by atoms with E-state index in [4.69, 9.17) is 9.47 Å². The van der Waals surface area contributed by atoms with Crippen molar-refractivity contribution in [1.29, 1.82) is 0 Å². The Morgan fingerprint density at radius 1 is 1.11 bits per heavy atom. The van der Waals surface area contributed by atoms with Crippen molar-refractivity contribution >= 4 is 0 Å². The molecule has 0 aromatic heterocycles. The van der Waals surface area contributed by atoms with Gasteiger partial charge in [-0.15, -0.1) is 0 Å². The van der Waals surface area contributed by atoms with Crippen molar-refractivity contribution in [2.45, 2.75) is 19.4 Å². The van der Waals surface area contributed by atoms with Crippen LogP contribution >= 0.6 is 0 Å². The highest BCUT2D eigenvalue weighted by Gasteiger charge is 2.34. The summed E-state index contributed by atoms with van der Waals surface area (Å²) in [7, 11) is 0. The molecule has 0 radical (unpaired) electrons. The van der Waals surface area contributed by atoms with Gasteiger partial charge in [0.05, 0.1) is 0 Å². The number of fused-ring (bicyclic) bond motifs is 3. The second-order valence-corrected chi connectivity index (χ2v) is 5.86. The fourth-order valence-electron chi connectivity index (χ4n) is 3.58. The molecule has 1 aliphatic heterocycles. The molecule has 0 amide bonds. The third-order valence-corrected chi connectivity index (χ3v) is 4.59. The lowest BCUT2D eigenvalue weighted by atomic mass is 9.93. The van der Waals surface area contributed by atoms with Crippen LogP contribution in [0.15, 0.2) is 30.4 Å². The van der Waals surface area contributed by atoms with Crippen molar-refractivity contribution in [3.05, 3.63) is 35.9 Å². The van der Waals surface area contributed by atoms with E-state index < -0.39 is 0 Å². The number of rotatable bonds is 4. The number of hydrogen-bond acceptors (Lipinski definition) is 3. The first-order valence-corrected chi connectivity index (χ1v) is 7.16. The van der Waals surface area contributed by atoms with E-state index in [-0.39, 0.29) is 0 Å². The molecule has 0 saturated heterocycles. The highest BCUT2D eigenvalue weighted by molar-refractivity contribution is 5.44. The topological polar surface area (TPSA) is 30.5 Å². The highest BCUT2D eigenvalue weighted by Crippen LogP contribution is 2.43. The first-order valence-electron chi connectivity index (χ1n) is 7.16. The maximum atomic E-state index is 5.40. The van der Waals surface area contributed by atoms with Gasteiger partial charge in [-0.25, -0.2) is 0 Å². The first kappa shape index (κ1) is 11.4. The number of nitrogens with one attached hydrogen (secondary N) is 1. The number of ether oxygens (including phenoxy) is 2. The Labute approximate surface area is 113 Å². The molecule has 1 heterocycles. The number of allylic oxidation sites excluding steroid dienone is 2. The van der Waals surface area contributed by atoms with Crippen LogP contribution in [0.2, 0.25) is 0 Å². The van der Waals surface area contributed by atoms with Gasteiger partial charge in [0.2, 0.25) is 6.79 Å². The molecule has 4 rings (SSSR count). The Kier molecular flexibility index (Phi) is 2.73. The van der Waals surface area contributed by atoms with Crippen LogP contribution in [-0.2, 0) is 6.54 Å². The largest absolute Gasteiger partial charge is 0.454 e. The van der Waals surface area contributed by atoms with Crippen LogP contribution in [0, 0.1) is 17.8 Å². The Balaban J connectivity index is 1.32. The molecule has 1 aromatic carbocycles. The van der Waals surface area contributed by atoms with Gasteiger partial charge in [0.1, 0.15) is 0 Å². The summed E-state index contributed by atoms with van der Waals surface area (Å²) < 4.78 is 10.7. The molecule has 1 N–H and O–H groups in total. The van der Waals surface area contributed by atoms with Crippen LogP contribution in [0.25, 0.3) is 0 Å². The van der Waals surface area contributed by atoms with E-state index >= 15 is 0 Å². The summed E-state index contributed by atoms with van der Waals surface area (Å²) in [5.74, 6) is 4.27. The smallest absolute Gasteiger partial charge is 0.231 e. The van der Waals surface area contributed by atoms with Gasteiger partial charge in [0.15, 0.2) is 11.5 Å². The van der Waals surface area contributed by atoms with E-state index in [2.05, 4.69) is 29.6 Å². The molecule has 3 heteroatoms. The maximum Gasteiger partial charge on any atom is 0.231 e. The van der Waals surface area contributed by atoms with Gasteiger partial charge in [-0.05, 0) is 54.8 Å². The number of hydrogen-bond donors (Lipinski definition) is 1. The molecule has 3 unspecified atom stereocenters. The predicted molar refractivity (Wildman–Crippen MR) is 73.1 cm³/mol. The zero-order valence-corrected chi connectivity index (χ0v) is 11.0. The lowest BCUT2D eigenvalue weighted by molar-refractivity contribution is 0.174. The van der Waals surface area contributed by atoms with Crippen LogP contribution in [0.1, 0.15) is 18.4 Å². The Bertz CT molecular complexity index is 511. The monoisotopic (exact) mass is 257 g/mol. The molecule has 100 valence electrons. The Hall–Kier alpha value is -1.48. The van der Waals surface area contributed by atoms with Crippen LogP contribution in [0.3, 0.4) is 0 Å². The van der Waals surface area contributed by atoms with Gasteiger partial charge in [-0.1, -0.05) is 18.2 Å². The second-order valence-electron chi connectivity index (χ2n) is 5.86. The van der Waals surface area contributed by atoms with Gasteiger partial charge in [0, 0.05) is 6.54 Å². The van der Waals surface area contributed by atoms with Crippen molar-refractivity contribution in [3.8, 4) is 11.5 Å². The van der Waals surface area contributed by atoms with E-state index in [1.165, 1.54) is 18.4 Å². The lowest BCUT2D eigenvalue weighted by Gasteiger charge is -2.18. The fraction of sp³-hybridized carbons (Fsp3) is 0.500. The zero-order chi connectivity index (χ0) is 12.7. The van der Waals surface area contributed by atoms with Crippen molar-refractivity contribution in [2.24, 2.45) is 17.8 Å². The molecule has 3 nitrogen and oxygen atoms in total. The summed E-state index contributed by atoms with van der Waals surface area (Å²) in [5.41, 5.74) is 1.27. The van der Waals surface area contributed by atoms with Gasteiger partial charge in [0.25, 0.3) is 0 Å². The summed E-state index contributed by atoms with van der Waals surface area (Å²) in [6.45, 7) is 2.39. The quantitative estimate of drug-likeness (QED) is 0.841. The zero-order valence-electron chi connectivity index (χ0n) is 11.0. The Morgan fingerprint density at radius 3 is 2.89 bits per heavy atom. The summed E-state index contributed by atoms with van der Waals surface area (Å²) in [6.07, 6.45) is 7.58. The van der Waals surface area contributed by atoms with E-state index in [0.29, 0.717) is 6.79 Å². The molecule has 2 aliphatic carbocycles. The van der Waals surface area contributed by atoms with E-state index in [1.54, 1.807) is 0 Å². The van der Waals surface area contributed by atoms with Crippen molar-refractivity contribution in [1.82, 2.24) is 5.32 Å². The van der Waals surface area contributed by atoms with Crippen LogP contribution < -0.4 is 14.8 Å². The first-order chi connectivity index (χ1) is 9.38. The maximum absolute atomic E-state index is 5.40. The second kappa shape index (κ2) is 4.57. The van der Waals surface area contributed by atoms with Gasteiger partial charge in [-0.3, -0.25) is 0 Å². The molecule has 1 aromatic rings. The molecule has 1 saturated carbocycles. The number of benzene rings is 1. The normalized spacial score (nSPS) is 30.2. The van der Waals surface area contributed by atoms with E-state index in [1.807, 2.05) is 6.07 Å². The molecule has 3 atom stereocenters. The lowest BCUT2D eigenvalue weighted by Crippen LogP contribution is -2.25. The third kappa shape index (κ3) is 2.12. The molecule has 0 spiro atoms. The summed E-state index contributed by atoms with van der Waals surface area (Å²) in [6, 6.07) is 6.19. The van der Waals surface area contributed by atoms with Crippen LogP contribution in [0.4, 0.5) is 0 Å². The average Bonchev–Trinajstić information content (AvgIpc) is 3.14. The highest BCUT2D eigenvalue weighted by atomic mass is 16.7. The molecular weight excluding hydrogens is 238 g/mol. The molecule has 19 heavy (non-hydrogen) atoms. The molecule has 3 aliphatic rings. The van der Waals surface area contributed by atoms with Crippen molar-refractivity contribution < 1.29 is 9.47 Å². The van der Waals surface area contributed by atoms with Gasteiger partial charge < -0.3 is 14.8 Å². The summed E-state index contributed by atoms with van der Waals surface area (Å²) in [4.78, 5) is 0. The Morgan fingerprint density at radius 2 is 2.05 bits per heavy atom. The molecule has 1 fully saturated rings. The molecular formula is C16H19NO2. The average molecular weight is 257 g/mol. The van der Waals surface area contributed by atoms with Crippen molar-refractivity contribution in [3.63, 3.8) is 0 Å². The van der Waals surface area contributed by atoms with E-state index in [0.717, 1.165) is 42.3 Å².